The summed E-state index contributed by atoms with van der Waals surface area (Å²) in [5.74, 6) is 0.159. The van der Waals surface area contributed by atoms with Gasteiger partial charge in [-0.05, 0) is 67.8 Å². The molecule has 1 amide bonds. The normalized spacial score (nSPS) is 15.3. The quantitative estimate of drug-likeness (QED) is 0.410. The zero-order valence-corrected chi connectivity index (χ0v) is 21.4. The third-order valence-electron chi connectivity index (χ3n) is 6.31. The van der Waals surface area contributed by atoms with Crippen molar-refractivity contribution in [1.82, 2.24) is 18.8 Å². The number of sulfonamides is 1. The van der Waals surface area contributed by atoms with Crippen molar-refractivity contribution in [3.63, 3.8) is 0 Å². The van der Waals surface area contributed by atoms with E-state index in [2.05, 4.69) is 19.0 Å². The van der Waals surface area contributed by atoms with Crippen molar-refractivity contribution < 1.29 is 17.6 Å². The van der Waals surface area contributed by atoms with E-state index in [0.717, 1.165) is 22.6 Å². The molecule has 36 heavy (non-hydrogen) atoms. The molecule has 1 saturated heterocycles. The number of piperazine rings is 1. The zero-order chi connectivity index (χ0) is 25.4. The van der Waals surface area contributed by atoms with Crippen LogP contribution >= 0.6 is 11.5 Å². The summed E-state index contributed by atoms with van der Waals surface area (Å²) in [6.07, 6.45) is 1.82. The lowest BCUT2D eigenvalue weighted by molar-refractivity contribution is -0.134. The van der Waals surface area contributed by atoms with Crippen LogP contribution in [0.5, 0.6) is 0 Å². The Kier molecular flexibility index (Phi) is 6.39. The summed E-state index contributed by atoms with van der Waals surface area (Å²) in [5, 5.41) is 1.12. The maximum Gasteiger partial charge on any atom is 0.263 e. The third-order valence-corrected chi connectivity index (χ3v) is 8.52. The Morgan fingerprint density at radius 3 is 2.47 bits per heavy atom. The standard InChI is InChI=1S/C24H25FN6O3S2/c1-16(31-10-9-18-3-4-19(25)15-22(18)31)23(32)30-13-11-29(12-14-30)20-5-7-21(8-6-20)36(33,34)28-24-26-17(2)27-35-24/h3-10,15-16H,11-14H2,1-2H3,(H,26,27,28). The number of carbonyl (C=O) groups excluding carboxylic acids is 1. The van der Waals surface area contributed by atoms with Crippen molar-refractivity contribution in [2.45, 2.75) is 24.8 Å². The summed E-state index contributed by atoms with van der Waals surface area (Å²) in [6.45, 7) is 5.83. The van der Waals surface area contributed by atoms with Crippen molar-refractivity contribution in [1.29, 1.82) is 0 Å². The van der Waals surface area contributed by atoms with Crippen LogP contribution in [0.25, 0.3) is 10.9 Å². The molecule has 2 aromatic carbocycles. The van der Waals surface area contributed by atoms with Gasteiger partial charge in [0.15, 0.2) is 0 Å². The van der Waals surface area contributed by atoms with Gasteiger partial charge in [-0.25, -0.2) is 17.8 Å². The molecule has 0 radical (unpaired) electrons. The lowest BCUT2D eigenvalue weighted by atomic mass is 10.2. The van der Waals surface area contributed by atoms with Crippen LogP contribution in [0.2, 0.25) is 0 Å². The lowest BCUT2D eigenvalue weighted by Crippen LogP contribution is -2.50. The van der Waals surface area contributed by atoms with Crippen molar-refractivity contribution in [2.24, 2.45) is 0 Å². The Hall–Kier alpha value is -3.51. The fourth-order valence-corrected chi connectivity index (χ4v) is 6.18. The molecule has 0 spiro atoms. The van der Waals surface area contributed by atoms with Gasteiger partial charge in [0.2, 0.25) is 11.0 Å². The highest BCUT2D eigenvalue weighted by molar-refractivity contribution is 7.93. The summed E-state index contributed by atoms with van der Waals surface area (Å²) in [4.78, 5) is 21.3. The van der Waals surface area contributed by atoms with Crippen LogP contribution in [0.15, 0.2) is 59.6 Å². The number of hydrogen-bond donors (Lipinski definition) is 1. The second kappa shape index (κ2) is 9.51. The maximum atomic E-state index is 13.8. The number of halogens is 1. The van der Waals surface area contributed by atoms with Crippen molar-refractivity contribution in [3.05, 3.63) is 66.4 Å². The Labute approximate surface area is 212 Å². The molecule has 0 bridgehead atoms. The molecular weight excluding hydrogens is 503 g/mol. The molecule has 5 rings (SSSR count). The SMILES string of the molecule is Cc1nsc(NS(=O)(=O)c2ccc(N3CCN(C(=O)C(C)n4ccc5ccc(F)cc54)CC3)cc2)n1. The first kappa shape index (κ1) is 24.2. The number of anilines is 2. The molecule has 0 saturated carbocycles. The van der Waals surface area contributed by atoms with Gasteiger partial charge in [-0.3, -0.25) is 9.52 Å². The Bertz CT molecular complexity index is 1510. The Morgan fingerprint density at radius 2 is 1.81 bits per heavy atom. The van der Waals surface area contributed by atoms with Crippen molar-refractivity contribution in [3.8, 4) is 0 Å². The van der Waals surface area contributed by atoms with Gasteiger partial charge in [-0.2, -0.15) is 4.37 Å². The fraction of sp³-hybridized carbons (Fsp3) is 0.292. The first-order valence-corrected chi connectivity index (χ1v) is 13.7. The predicted octanol–water partition coefficient (Wildman–Crippen LogP) is 3.65. The molecule has 0 aliphatic carbocycles. The second-order valence-electron chi connectivity index (χ2n) is 8.66. The van der Waals surface area contributed by atoms with Crippen LogP contribution in [0.1, 0.15) is 18.8 Å². The molecule has 1 aliphatic heterocycles. The van der Waals surface area contributed by atoms with Gasteiger partial charge in [0.25, 0.3) is 10.0 Å². The van der Waals surface area contributed by atoms with Gasteiger partial charge in [0.05, 0.1) is 10.4 Å². The number of aryl methyl sites for hydroxylation is 1. The van der Waals surface area contributed by atoms with E-state index in [1.54, 1.807) is 37.3 Å². The van der Waals surface area contributed by atoms with Crippen molar-refractivity contribution in [2.75, 3.05) is 35.8 Å². The Balaban J connectivity index is 1.21. The van der Waals surface area contributed by atoms with Crippen LogP contribution < -0.4 is 9.62 Å². The minimum absolute atomic E-state index is 0.0177. The van der Waals surface area contributed by atoms with E-state index < -0.39 is 16.1 Å². The summed E-state index contributed by atoms with van der Waals surface area (Å²) < 4.78 is 47.2. The molecule has 12 heteroatoms. The minimum Gasteiger partial charge on any atom is -0.368 e. The number of benzene rings is 2. The first-order chi connectivity index (χ1) is 17.2. The maximum absolute atomic E-state index is 13.8. The molecule has 1 aliphatic rings. The average Bonchev–Trinajstić information content (AvgIpc) is 3.48. The van der Waals surface area contributed by atoms with E-state index in [-0.39, 0.29) is 21.8 Å². The number of fused-ring (bicyclic) bond motifs is 1. The van der Waals surface area contributed by atoms with Crippen LogP contribution in [-0.2, 0) is 14.8 Å². The van der Waals surface area contributed by atoms with E-state index in [4.69, 9.17) is 0 Å². The summed E-state index contributed by atoms with van der Waals surface area (Å²) >= 11 is 0.991. The first-order valence-electron chi connectivity index (χ1n) is 11.4. The van der Waals surface area contributed by atoms with Gasteiger partial charge in [0.1, 0.15) is 17.7 Å². The zero-order valence-electron chi connectivity index (χ0n) is 19.8. The molecule has 1 N–H and O–H groups in total. The smallest absolute Gasteiger partial charge is 0.263 e. The molecule has 2 aromatic heterocycles. The molecule has 1 atom stereocenters. The molecule has 3 heterocycles. The van der Waals surface area contributed by atoms with E-state index in [1.807, 2.05) is 28.7 Å². The van der Waals surface area contributed by atoms with Gasteiger partial charge >= 0.3 is 0 Å². The van der Waals surface area contributed by atoms with Gasteiger partial charge in [-0.1, -0.05) is 0 Å². The van der Waals surface area contributed by atoms with Gasteiger partial charge < -0.3 is 14.4 Å². The number of rotatable bonds is 6. The highest BCUT2D eigenvalue weighted by atomic mass is 32.2. The summed E-state index contributed by atoms with van der Waals surface area (Å²) in [5.41, 5.74) is 1.58. The third kappa shape index (κ3) is 4.78. The summed E-state index contributed by atoms with van der Waals surface area (Å²) in [6, 6.07) is 12.6. The molecule has 1 fully saturated rings. The molecule has 9 nitrogen and oxygen atoms in total. The number of aromatic nitrogens is 3. The van der Waals surface area contributed by atoms with Crippen LogP contribution in [0.4, 0.5) is 15.2 Å². The number of nitrogens with zero attached hydrogens (tertiary/aromatic N) is 5. The van der Waals surface area contributed by atoms with Gasteiger partial charge in [-0.15, -0.1) is 0 Å². The number of nitrogens with one attached hydrogen (secondary N) is 1. The number of hydrogen-bond acceptors (Lipinski definition) is 7. The van der Waals surface area contributed by atoms with E-state index in [0.29, 0.717) is 37.5 Å². The van der Waals surface area contributed by atoms with Crippen LogP contribution in [0, 0.1) is 12.7 Å². The molecule has 188 valence electrons. The second-order valence-corrected chi connectivity index (χ2v) is 11.1. The van der Waals surface area contributed by atoms with E-state index in [1.165, 1.54) is 12.1 Å². The average molecular weight is 529 g/mol. The van der Waals surface area contributed by atoms with Crippen LogP contribution in [0.3, 0.4) is 0 Å². The van der Waals surface area contributed by atoms with E-state index >= 15 is 0 Å². The lowest BCUT2D eigenvalue weighted by Gasteiger charge is -2.37. The topological polar surface area (TPSA) is 100 Å². The van der Waals surface area contributed by atoms with Crippen molar-refractivity contribution >= 4 is 49.2 Å². The highest BCUT2D eigenvalue weighted by Gasteiger charge is 2.27. The van der Waals surface area contributed by atoms with Crippen LogP contribution in [-0.4, -0.2) is 59.3 Å². The number of carbonyl (C=O) groups is 1. The summed E-state index contributed by atoms with van der Waals surface area (Å²) in [7, 11) is -3.76. The molecule has 4 aromatic rings. The Morgan fingerprint density at radius 1 is 1.08 bits per heavy atom. The largest absolute Gasteiger partial charge is 0.368 e. The minimum atomic E-state index is -3.76. The van der Waals surface area contributed by atoms with Gasteiger partial charge in [0, 0.05) is 49.6 Å². The molecular formula is C24H25FN6O3S2. The predicted molar refractivity (Wildman–Crippen MR) is 137 cm³/mol. The van der Waals surface area contributed by atoms with E-state index in [9.17, 15) is 17.6 Å². The monoisotopic (exact) mass is 528 g/mol. The highest BCUT2D eigenvalue weighted by Crippen LogP contribution is 2.25. The number of amides is 1. The fourth-order valence-electron chi connectivity index (χ4n) is 4.38. The molecule has 1 unspecified atom stereocenters.